The molecule has 1 fully saturated rings. The Balaban J connectivity index is 1.64. The normalized spacial score (nSPS) is 22.0. The van der Waals surface area contributed by atoms with Crippen molar-refractivity contribution in [3.63, 3.8) is 0 Å². The van der Waals surface area contributed by atoms with Crippen LogP contribution in [0.5, 0.6) is 5.88 Å². The molecule has 2 rings (SSSR count). The van der Waals surface area contributed by atoms with Crippen LogP contribution in [-0.2, 0) is 4.74 Å². The van der Waals surface area contributed by atoms with Gasteiger partial charge in [0.05, 0.1) is 31.7 Å². The fourth-order valence-electron chi connectivity index (χ4n) is 2.37. The van der Waals surface area contributed by atoms with Crippen molar-refractivity contribution in [3.8, 4) is 5.88 Å². The van der Waals surface area contributed by atoms with Crippen LogP contribution in [0.4, 0.5) is 5.82 Å². The molecule has 0 bridgehead atoms. The topological polar surface area (TPSA) is 82.3 Å². The molecular formula is C15H26N4O2. The van der Waals surface area contributed by atoms with Gasteiger partial charge in [-0.05, 0) is 32.1 Å². The number of nitrogens with one attached hydrogen (secondary N) is 1. The van der Waals surface area contributed by atoms with E-state index in [9.17, 15) is 0 Å². The van der Waals surface area contributed by atoms with Crippen LogP contribution in [0.1, 0.15) is 39.0 Å². The molecule has 6 nitrogen and oxygen atoms in total. The van der Waals surface area contributed by atoms with Gasteiger partial charge in [0.1, 0.15) is 5.82 Å². The summed E-state index contributed by atoms with van der Waals surface area (Å²) < 4.78 is 11.3. The second-order valence-corrected chi connectivity index (χ2v) is 5.43. The molecule has 0 atom stereocenters. The lowest BCUT2D eigenvalue weighted by atomic mass is 9.94. The van der Waals surface area contributed by atoms with Gasteiger partial charge in [0, 0.05) is 12.6 Å². The fourth-order valence-corrected chi connectivity index (χ4v) is 2.37. The largest absolute Gasteiger partial charge is 0.477 e. The number of nitrogens with two attached hydrogens (primary N) is 1. The number of aromatic nitrogens is 2. The van der Waals surface area contributed by atoms with E-state index in [0.29, 0.717) is 37.8 Å². The Kier molecular flexibility index (Phi) is 6.69. The quantitative estimate of drug-likeness (QED) is 0.713. The molecule has 1 aromatic heterocycles. The zero-order valence-corrected chi connectivity index (χ0v) is 12.8. The summed E-state index contributed by atoms with van der Waals surface area (Å²) >= 11 is 0. The summed E-state index contributed by atoms with van der Waals surface area (Å²) in [4.78, 5) is 8.45. The van der Waals surface area contributed by atoms with Crippen molar-refractivity contribution >= 4 is 5.82 Å². The highest BCUT2D eigenvalue weighted by molar-refractivity contribution is 5.32. The first-order valence-corrected chi connectivity index (χ1v) is 7.84. The Labute approximate surface area is 126 Å². The van der Waals surface area contributed by atoms with E-state index >= 15 is 0 Å². The van der Waals surface area contributed by atoms with Crippen LogP contribution in [0.15, 0.2) is 12.4 Å². The maximum atomic E-state index is 5.88. The first-order chi connectivity index (χ1) is 10.3. The second kappa shape index (κ2) is 8.79. The molecule has 1 aromatic rings. The first-order valence-electron chi connectivity index (χ1n) is 7.84. The van der Waals surface area contributed by atoms with E-state index in [1.165, 1.54) is 0 Å². The van der Waals surface area contributed by atoms with Crippen LogP contribution in [0.2, 0.25) is 0 Å². The molecule has 118 valence electrons. The highest BCUT2D eigenvalue weighted by Gasteiger charge is 2.18. The van der Waals surface area contributed by atoms with E-state index in [1.807, 2.05) is 0 Å². The molecular weight excluding hydrogens is 268 g/mol. The average molecular weight is 294 g/mol. The molecule has 0 aromatic carbocycles. The smallest absolute Gasteiger partial charge is 0.234 e. The van der Waals surface area contributed by atoms with Gasteiger partial charge in [-0.1, -0.05) is 6.92 Å². The lowest BCUT2D eigenvalue weighted by Gasteiger charge is -2.26. The Morgan fingerprint density at radius 3 is 2.81 bits per heavy atom. The predicted molar refractivity (Wildman–Crippen MR) is 82.5 cm³/mol. The summed E-state index contributed by atoms with van der Waals surface area (Å²) in [5.74, 6) is 1.28. The van der Waals surface area contributed by atoms with Crippen molar-refractivity contribution in [3.05, 3.63) is 12.4 Å². The van der Waals surface area contributed by atoms with Gasteiger partial charge in [-0.15, -0.1) is 0 Å². The maximum absolute atomic E-state index is 5.88. The van der Waals surface area contributed by atoms with Gasteiger partial charge >= 0.3 is 0 Å². The van der Waals surface area contributed by atoms with Gasteiger partial charge in [0.2, 0.25) is 5.88 Å². The number of rotatable bonds is 8. The van der Waals surface area contributed by atoms with Gasteiger partial charge in [-0.2, -0.15) is 4.98 Å². The summed E-state index contributed by atoms with van der Waals surface area (Å²) in [5, 5.41) is 3.21. The number of hydrogen-bond donors (Lipinski definition) is 2. The average Bonchev–Trinajstić information content (AvgIpc) is 2.52. The van der Waals surface area contributed by atoms with Gasteiger partial charge in [-0.25, -0.2) is 0 Å². The van der Waals surface area contributed by atoms with E-state index in [1.54, 1.807) is 12.4 Å². The molecule has 0 amide bonds. The molecule has 0 unspecified atom stereocenters. The van der Waals surface area contributed by atoms with E-state index in [2.05, 4.69) is 22.2 Å². The van der Waals surface area contributed by atoms with Crippen LogP contribution in [0.3, 0.4) is 0 Å². The molecule has 0 radical (unpaired) electrons. The van der Waals surface area contributed by atoms with Gasteiger partial charge in [0.25, 0.3) is 0 Å². The molecule has 3 N–H and O–H groups in total. The SMILES string of the molecule is CCCOc1cncc(NCCOC2CCC(N)CC2)n1. The molecule has 1 aliphatic rings. The number of nitrogens with zero attached hydrogens (tertiary/aromatic N) is 2. The Hall–Kier alpha value is -1.40. The van der Waals surface area contributed by atoms with Gasteiger partial charge in [-0.3, -0.25) is 4.98 Å². The molecule has 1 aliphatic carbocycles. The van der Waals surface area contributed by atoms with Gasteiger partial charge < -0.3 is 20.5 Å². The van der Waals surface area contributed by atoms with E-state index < -0.39 is 0 Å². The Morgan fingerprint density at radius 2 is 2.05 bits per heavy atom. The molecule has 1 heterocycles. The highest BCUT2D eigenvalue weighted by atomic mass is 16.5. The molecule has 0 aliphatic heterocycles. The highest BCUT2D eigenvalue weighted by Crippen LogP contribution is 2.19. The summed E-state index contributed by atoms with van der Waals surface area (Å²) in [6.45, 7) is 4.10. The number of ether oxygens (including phenoxy) is 2. The van der Waals surface area contributed by atoms with Crippen molar-refractivity contribution in [2.45, 2.75) is 51.2 Å². The predicted octanol–water partition coefficient (Wildman–Crippen LogP) is 1.96. The summed E-state index contributed by atoms with van der Waals surface area (Å²) in [6, 6.07) is 0.365. The van der Waals surface area contributed by atoms with Crippen LogP contribution in [0, 0.1) is 0 Å². The molecule has 0 saturated heterocycles. The van der Waals surface area contributed by atoms with Gasteiger partial charge in [0.15, 0.2) is 0 Å². The minimum Gasteiger partial charge on any atom is -0.477 e. The minimum absolute atomic E-state index is 0.358. The zero-order chi connectivity index (χ0) is 14.9. The maximum Gasteiger partial charge on any atom is 0.234 e. The molecule has 21 heavy (non-hydrogen) atoms. The lowest BCUT2D eigenvalue weighted by Crippen LogP contribution is -2.31. The number of hydrogen-bond acceptors (Lipinski definition) is 6. The van der Waals surface area contributed by atoms with Crippen molar-refractivity contribution in [2.24, 2.45) is 5.73 Å². The van der Waals surface area contributed by atoms with Crippen LogP contribution < -0.4 is 15.8 Å². The standard InChI is InChI=1S/C15H26N4O2/c1-2-8-21-15-11-17-10-14(19-15)18-7-9-20-13-5-3-12(16)4-6-13/h10-13H,2-9,16H2,1H3,(H,18,19). The lowest BCUT2D eigenvalue weighted by molar-refractivity contribution is 0.0313. The van der Waals surface area contributed by atoms with E-state index in [0.717, 1.165) is 37.9 Å². The monoisotopic (exact) mass is 294 g/mol. The molecule has 1 saturated carbocycles. The Morgan fingerprint density at radius 1 is 1.24 bits per heavy atom. The van der Waals surface area contributed by atoms with Crippen molar-refractivity contribution in [2.75, 3.05) is 25.1 Å². The number of anilines is 1. The minimum atomic E-state index is 0.358. The summed E-state index contributed by atoms with van der Waals surface area (Å²) in [7, 11) is 0. The molecule has 0 spiro atoms. The summed E-state index contributed by atoms with van der Waals surface area (Å²) in [5.41, 5.74) is 5.88. The van der Waals surface area contributed by atoms with Crippen molar-refractivity contribution in [1.82, 2.24) is 9.97 Å². The third kappa shape index (κ3) is 5.85. The second-order valence-electron chi connectivity index (χ2n) is 5.43. The van der Waals surface area contributed by atoms with Crippen molar-refractivity contribution in [1.29, 1.82) is 0 Å². The van der Waals surface area contributed by atoms with Crippen molar-refractivity contribution < 1.29 is 9.47 Å². The van der Waals surface area contributed by atoms with Crippen LogP contribution in [0.25, 0.3) is 0 Å². The van der Waals surface area contributed by atoms with E-state index in [4.69, 9.17) is 15.2 Å². The summed E-state index contributed by atoms with van der Waals surface area (Å²) in [6.07, 6.45) is 8.92. The zero-order valence-electron chi connectivity index (χ0n) is 12.8. The van der Waals surface area contributed by atoms with Crippen LogP contribution >= 0.6 is 0 Å². The third-order valence-corrected chi connectivity index (χ3v) is 3.55. The Bertz CT molecular complexity index is 408. The third-order valence-electron chi connectivity index (χ3n) is 3.55. The van der Waals surface area contributed by atoms with E-state index in [-0.39, 0.29) is 0 Å². The van der Waals surface area contributed by atoms with Crippen LogP contribution in [-0.4, -0.2) is 41.9 Å². The fraction of sp³-hybridized carbons (Fsp3) is 0.733. The molecule has 6 heteroatoms. The first kappa shape index (κ1) is 16.0.